The minimum Gasteiger partial charge on any atom is -0.497 e. The first-order valence-electron chi connectivity index (χ1n) is 11.2. The van der Waals surface area contributed by atoms with Crippen molar-refractivity contribution in [3.05, 3.63) is 90.2 Å². The molecule has 32 heavy (non-hydrogen) atoms. The van der Waals surface area contributed by atoms with Gasteiger partial charge in [0.1, 0.15) is 29.2 Å². The van der Waals surface area contributed by atoms with Crippen LogP contribution in [0.25, 0.3) is 0 Å². The highest BCUT2D eigenvalue weighted by molar-refractivity contribution is 5.32. The molecule has 0 N–H and O–H groups in total. The lowest BCUT2D eigenvalue weighted by atomic mass is 9.87. The number of methoxy groups -OCH3 is 1. The molecule has 2 atom stereocenters. The molecule has 3 aromatic carbocycles. The van der Waals surface area contributed by atoms with E-state index in [1.165, 1.54) is 17.7 Å². The summed E-state index contributed by atoms with van der Waals surface area (Å²) in [5, 5.41) is 0. The highest BCUT2D eigenvalue weighted by atomic mass is 19.1. The Labute approximate surface area is 189 Å². The topological polar surface area (TPSA) is 30.9 Å². The molecule has 2 unspecified atom stereocenters. The Bertz CT molecular complexity index is 981. The third-order valence-electron chi connectivity index (χ3n) is 5.87. The monoisotopic (exact) mass is 435 g/mol. The van der Waals surface area contributed by atoms with E-state index < -0.39 is 0 Å². The predicted molar refractivity (Wildman–Crippen MR) is 124 cm³/mol. The molecule has 0 aliphatic carbocycles. The standard InChI is InChI=1S/C27H30FNO3/c1-30-23-11-6-12-24(19-23)31-17-7-15-29-16-14-27(32-25-13-5-10-22(28)18-25)26(20-29)21-8-3-2-4-9-21/h2-6,8-13,18-19,26-27H,7,14-17,20H2,1H3. The largest absolute Gasteiger partial charge is 0.497 e. The molecule has 1 saturated heterocycles. The first-order chi connectivity index (χ1) is 15.7. The molecule has 0 saturated carbocycles. The van der Waals surface area contributed by atoms with Gasteiger partial charge in [0.15, 0.2) is 0 Å². The number of ether oxygens (including phenoxy) is 3. The van der Waals surface area contributed by atoms with Crippen LogP contribution in [0.15, 0.2) is 78.9 Å². The van der Waals surface area contributed by atoms with Crippen molar-refractivity contribution in [2.45, 2.75) is 24.9 Å². The maximum atomic E-state index is 13.6. The summed E-state index contributed by atoms with van der Waals surface area (Å²) in [6.07, 6.45) is 1.85. The van der Waals surface area contributed by atoms with E-state index in [0.717, 1.165) is 44.0 Å². The van der Waals surface area contributed by atoms with Crippen LogP contribution in [0.2, 0.25) is 0 Å². The van der Waals surface area contributed by atoms with Gasteiger partial charge in [0.05, 0.1) is 13.7 Å². The van der Waals surface area contributed by atoms with E-state index >= 15 is 0 Å². The zero-order valence-electron chi connectivity index (χ0n) is 18.5. The summed E-state index contributed by atoms with van der Waals surface area (Å²) in [5.41, 5.74) is 1.26. The van der Waals surface area contributed by atoms with Crippen molar-refractivity contribution in [1.82, 2.24) is 4.90 Å². The van der Waals surface area contributed by atoms with E-state index in [2.05, 4.69) is 29.2 Å². The van der Waals surface area contributed by atoms with Crippen LogP contribution in [0.3, 0.4) is 0 Å². The van der Waals surface area contributed by atoms with Gasteiger partial charge in [0, 0.05) is 37.7 Å². The molecule has 3 aromatic rings. The molecule has 1 aliphatic heterocycles. The molecular weight excluding hydrogens is 405 g/mol. The molecule has 5 heteroatoms. The smallest absolute Gasteiger partial charge is 0.126 e. The van der Waals surface area contributed by atoms with E-state index in [4.69, 9.17) is 14.2 Å². The van der Waals surface area contributed by atoms with Gasteiger partial charge in [-0.2, -0.15) is 0 Å². The lowest BCUT2D eigenvalue weighted by molar-refractivity contribution is 0.0748. The Morgan fingerprint density at radius 3 is 2.50 bits per heavy atom. The number of likely N-dealkylation sites (tertiary alicyclic amines) is 1. The Hall–Kier alpha value is -3.05. The lowest BCUT2D eigenvalue weighted by Gasteiger charge is -2.39. The second-order valence-electron chi connectivity index (χ2n) is 8.10. The van der Waals surface area contributed by atoms with Crippen molar-refractivity contribution >= 4 is 0 Å². The Morgan fingerprint density at radius 1 is 0.906 bits per heavy atom. The molecule has 168 valence electrons. The fraction of sp³-hybridized carbons (Fsp3) is 0.333. The van der Waals surface area contributed by atoms with E-state index in [1.807, 2.05) is 36.4 Å². The van der Waals surface area contributed by atoms with Crippen LogP contribution in [0.5, 0.6) is 17.2 Å². The van der Waals surface area contributed by atoms with Gasteiger partial charge >= 0.3 is 0 Å². The van der Waals surface area contributed by atoms with E-state index in [-0.39, 0.29) is 17.8 Å². The SMILES string of the molecule is COc1cccc(OCCCN2CCC(Oc3cccc(F)c3)C(c3ccccc3)C2)c1. The van der Waals surface area contributed by atoms with Crippen LogP contribution < -0.4 is 14.2 Å². The molecule has 1 fully saturated rings. The van der Waals surface area contributed by atoms with Crippen LogP contribution in [-0.2, 0) is 0 Å². The van der Waals surface area contributed by atoms with Crippen LogP contribution in [0, 0.1) is 5.82 Å². The molecule has 0 amide bonds. The summed E-state index contributed by atoms with van der Waals surface area (Å²) in [6.45, 7) is 3.47. The zero-order chi connectivity index (χ0) is 22.2. The van der Waals surface area contributed by atoms with Crippen molar-refractivity contribution in [3.8, 4) is 17.2 Å². The Balaban J connectivity index is 1.34. The molecule has 1 aliphatic rings. The highest BCUT2D eigenvalue weighted by Gasteiger charge is 2.31. The predicted octanol–water partition coefficient (Wildman–Crippen LogP) is 5.54. The number of hydrogen-bond acceptors (Lipinski definition) is 4. The number of nitrogens with zero attached hydrogens (tertiary/aromatic N) is 1. The minimum absolute atomic E-state index is 0.0171. The molecule has 0 spiro atoms. The molecule has 1 heterocycles. The van der Waals surface area contributed by atoms with E-state index in [9.17, 15) is 4.39 Å². The summed E-state index contributed by atoms with van der Waals surface area (Å²) in [4.78, 5) is 2.47. The van der Waals surface area contributed by atoms with Crippen molar-refractivity contribution < 1.29 is 18.6 Å². The van der Waals surface area contributed by atoms with Gasteiger partial charge in [-0.25, -0.2) is 4.39 Å². The van der Waals surface area contributed by atoms with Gasteiger partial charge in [-0.05, 0) is 42.7 Å². The van der Waals surface area contributed by atoms with Gasteiger partial charge in [-0.15, -0.1) is 0 Å². The zero-order valence-corrected chi connectivity index (χ0v) is 18.5. The number of benzene rings is 3. The van der Waals surface area contributed by atoms with Crippen LogP contribution in [0.4, 0.5) is 4.39 Å². The number of hydrogen-bond donors (Lipinski definition) is 0. The molecular formula is C27H30FNO3. The van der Waals surface area contributed by atoms with Gasteiger partial charge in [-0.3, -0.25) is 0 Å². The van der Waals surface area contributed by atoms with Gasteiger partial charge in [0.25, 0.3) is 0 Å². The van der Waals surface area contributed by atoms with Crippen LogP contribution in [0.1, 0.15) is 24.3 Å². The van der Waals surface area contributed by atoms with Gasteiger partial charge in [-0.1, -0.05) is 42.5 Å². The van der Waals surface area contributed by atoms with Crippen molar-refractivity contribution in [3.63, 3.8) is 0 Å². The summed E-state index contributed by atoms with van der Waals surface area (Å²) in [7, 11) is 1.66. The van der Waals surface area contributed by atoms with Crippen molar-refractivity contribution in [1.29, 1.82) is 0 Å². The van der Waals surface area contributed by atoms with E-state index in [0.29, 0.717) is 12.4 Å². The third-order valence-corrected chi connectivity index (χ3v) is 5.87. The fourth-order valence-corrected chi connectivity index (χ4v) is 4.25. The highest BCUT2D eigenvalue weighted by Crippen LogP contribution is 2.31. The van der Waals surface area contributed by atoms with Crippen LogP contribution >= 0.6 is 0 Å². The second-order valence-corrected chi connectivity index (χ2v) is 8.10. The summed E-state index contributed by atoms with van der Waals surface area (Å²) < 4.78 is 31.0. The molecule has 0 bridgehead atoms. The van der Waals surface area contributed by atoms with Crippen LogP contribution in [-0.4, -0.2) is 44.4 Å². The molecule has 0 radical (unpaired) electrons. The normalized spacial score (nSPS) is 18.8. The van der Waals surface area contributed by atoms with Gasteiger partial charge < -0.3 is 19.1 Å². The maximum Gasteiger partial charge on any atom is 0.126 e. The average molecular weight is 436 g/mol. The molecule has 4 nitrogen and oxygen atoms in total. The third kappa shape index (κ3) is 6.01. The lowest BCUT2D eigenvalue weighted by Crippen LogP contribution is -2.44. The maximum absolute atomic E-state index is 13.6. The van der Waals surface area contributed by atoms with Crippen molar-refractivity contribution in [2.75, 3.05) is 33.4 Å². The van der Waals surface area contributed by atoms with Crippen molar-refractivity contribution in [2.24, 2.45) is 0 Å². The Morgan fingerprint density at radius 2 is 1.69 bits per heavy atom. The summed E-state index contributed by atoms with van der Waals surface area (Å²) in [6, 6.07) is 24.6. The average Bonchev–Trinajstić information content (AvgIpc) is 2.83. The number of halogens is 1. The van der Waals surface area contributed by atoms with Gasteiger partial charge in [0.2, 0.25) is 0 Å². The summed E-state index contributed by atoms with van der Waals surface area (Å²) >= 11 is 0. The molecule has 4 rings (SSSR count). The number of rotatable bonds is 9. The fourth-order valence-electron chi connectivity index (χ4n) is 4.25. The quantitative estimate of drug-likeness (QED) is 0.413. The first-order valence-corrected chi connectivity index (χ1v) is 11.2. The second kappa shape index (κ2) is 11.0. The minimum atomic E-state index is -0.271. The van der Waals surface area contributed by atoms with E-state index in [1.54, 1.807) is 13.2 Å². The molecule has 0 aromatic heterocycles. The summed E-state index contributed by atoms with van der Waals surface area (Å²) in [5.74, 6) is 2.18. The number of piperidine rings is 1. The first kappa shape index (κ1) is 22.2. The Kier molecular flexibility index (Phi) is 7.62.